The van der Waals surface area contributed by atoms with Gasteiger partial charge >= 0.3 is 0 Å². The highest BCUT2D eigenvalue weighted by Crippen LogP contribution is 2.24. The van der Waals surface area contributed by atoms with E-state index in [4.69, 9.17) is 10.2 Å². The number of para-hydroxylation sites is 2. The fourth-order valence-electron chi connectivity index (χ4n) is 3.99. The third-order valence-corrected chi connectivity index (χ3v) is 7.50. The Hall–Kier alpha value is -3.24. The number of sulfone groups is 1. The minimum absolute atomic E-state index is 0. The summed E-state index contributed by atoms with van der Waals surface area (Å²) >= 11 is 0. The van der Waals surface area contributed by atoms with Crippen LogP contribution in [0.3, 0.4) is 0 Å². The van der Waals surface area contributed by atoms with Crippen molar-refractivity contribution in [3.05, 3.63) is 102 Å². The van der Waals surface area contributed by atoms with E-state index < -0.39 is 39.7 Å². The van der Waals surface area contributed by atoms with E-state index in [0.717, 1.165) is 5.56 Å². The van der Waals surface area contributed by atoms with Crippen molar-refractivity contribution in [3.8, 4) is 0 Å². The first-order valence-electron chi connectivity index (χ1n) is 11.7. The van der Waals surface area contributed by atoms with Crippen LogP contribution in [0.1, 0.15) is 29.5 Å². The fraction of sp³-hybridized carbons (Fsp3) is 0.259. The van der Waals surface area contributed by atoms with Crippen LogP contribution < -0.4 is 11.1 Å². The number of fused-ring (bicyclic) bond motifs is 1. The summed E-state index contributed by atoms with van der Waals surface area (Å²) < 4.78 is 31.0. The highest BCUT2D eigenvalue weighted by atomic mass is 35.5. The Labute approximate surface area is 222 Å². The first kappa shape index (κ1) is 28.3. The minimum atomic E-state index is -3.64. The zero-order valence-electron chi connectivity index (χ0n) is 20.1. The average Bonchev–Trinajstić information content (AvgIpc) is 3.31. The maximum absolute atomic E-state index is 12.9. The van der Waals surface area contributed by atoms with E-state index in [1.807, 2.05) is 36.4 Å². The number of carbonyl (C=O) groups excluding carboxylic acids is 1. The second-order valence-electron chi connectivity index (χ2n) is 8.75. The Balaban J connectivity index is 0.00000380. The summed E-state index contributed by atoms with van der Waals surface area (Å²) in [6.07, 6.45) is -0.331. The number of nitrogens with two attached hydrogens (primary N) is 1. The number of halogens is 1. The number of aromatic nitrogens is 1. The number of aliphatic hydroxyl groups excluding tert-OH is 1. The van der Waals surface area contributed by atoms with Gasteiger partial charge in [-0.1, -0.05) is 72.8 Å². The van der Waals surface area contributed by atoms with Gasteiger partial charge in [-0.3, -0.25) is 4.79 Å². The van der Waals surface area contributed by atoms with Crippen molar-refractivity contribution in [1.82, 2.24) is 10.3 Å². The molecule has 8 nitrogen and oxygen atoms in total. The molecule has 4 N–H and O–H groups in total. The molecule has 0 aliphatic carbocycles. The molecule has 1 heterocycles. The summed E-state index contributed by atoms with van der Waals surface area (Å²) in [4.78, 5) is 17.3. The van der Waals surface area contributed by atoms with Gasteiger partial charge in [0.05, 0.1) is 23.6 Å². The van der Waals surface area contributed by atoms with E-state index in [2.05, 4.69) is 10.3 Å². The van der Waals surface area contributed by atoms with Gasteiger partial charge in [0.1, 0.15) is 5.52 Å². The van der Waals surface area contributed by atoms with Gasteiger partial charge in [0.25, 0.3) is 0 Å². The Morgan fingerprint density at radius 2 is 1.54 bits per heavy atom. The molecule has 4 aromatic rings. The quantitative estimate of drug-likeness (QED) is 0.264. The van der Waals surface area contributed by atoms with E-state index >= 15 is 0 Å². The number of aryl methyl sites for hydroxylation is 1. The van der Waals surface area contributed by atoms with Crippen LogP contribution in [0.4, 0.5) is 0 Å². The normalized spacial score (nSPS) is 13.9. The van der Waals surface area contributed by atoms with Gasteiger partial charge in [-0.05, 0) is 36.1 Å². The molecular weight excluding hydrogens is 514 g/mol. The molecule has 196 valence electrons. The molecule has 0 bridgehead atoms. The molecular formula is C27H30ClN3O5S. The van der Waals surface area contributed by atoms with Gasteiger partial charge < -0.3 is 20.6 Å². The summed E-state index contributed by atoms with van der Waals surface area (Å²) in [5.74, 6) is -1.32. The zero-order chi connectivity index (χ0) is 25.5. The summed E-state index contributed by atoms with van der Waals surface area (Å²) in [7, 11) is -3.64. The van der Waals surface area contributed by atoms with Crippen molar-refractivity contribution in [1.29, 1.82) is 0 Å². The van der Waals surface area contributed by atoms with Crippen LogP contribution in [0.2, 0.25) is 0 Å². The van der Waals surface area contributed by atoms with Gasteiger partial charge in [0.15, 0.2) is 21.5 Å². The van der Waals surface area contributed by atoms with Gasteiger partial charge in [-0.2, -0.15) is 0 Å². The Bertz CT molecular complexity index is 1360. The largest absolute Gasteiger partial charge is 0.438 e. The molecule has 0 saturated heterocycles. The van der Waals surface area contributed by atoms with Crippen molar-refractivity contribution in [2.75, 3.05) is 5.75 Å². The van der Waals surface area contributed by atoms with E-state index in [1.54, 1.807) is 48.5 Å². The molecule has 37 heavy (non-hydrogen) atoms. The minimum Gasteiger partial charge on any atom is -0.438 e. The Kier molecular flexibility index (Phi) is 9.82. The number of carbonyl (C=O) groups is 1. The van der Waals surface area contributed by atoms with E-state index in [1.165, 1.54) is 0 Å². The number of rotatable bonds is 11. The Morgan fingerprint density at radius 3 is 2.19 bits per heavy atom. The van der Waals surface area contributed by atoms with Gasteiger partial charge in [0.2, 0.25) is 11.8 Å². The number of benzene rings is 3. The first-order chi connectivity index (χ1) is 17.3. The van der Waals surface area contributed by atoms with Gasteiger partial charge in [0, 0.05) is 0 Å². The van der Waals surface area contributed by atoms with E-state index in [9.17, 15) is 18.3 Å². The average molecular weight is 544 g/mol. The monoisotopic (exact) mass is 543 g/mol. The highest BCUT2D eigenvalue weighted by molar-refractivity contribution is 7.90. The number of nitrogens with one attached hydrogen (secondary N) is 1. The predicted octanol–water partition coefficient (Wildman–Crippen LogP) is 3.34. The maximum Gasteiger partial charge on any atom is 0.238 e. The third-order valence-electron chi connectivity index (χ3n) is 5.86. The summed E-state index contributed by atoms with van der Waals surface area (Å²) in [5.41, 5.74) is 8.75. The van der Waals surface area contributed by atoms with Crippen LogP contribution in [0, 0.1) is 0 Å². The number of hydrogen-bond acceptors (Lipinski definition) is 7. The van der Waals surface area contributed by atoms with Crippen LogP contribution in [0.25, 0.3) is 11.1 Å². The second kappa shape index (κ2) is 12.8. The Morgan fingerprint density at radius 1 is 0.946 bits per heavy atom. The number of aliphatic hydroxyl groups is 1. The molecule has 10 heteroatoms. The molecule has 1 aromatic heterocycles. The zero-order valence-corrected chi connectivity index (χ0v) is 21.7. The molecule has 0 fully saturated rings. The lowest BCUT2D eigenvalue weighted by atomic mass is 10.0. The molecule has 0 saturated carbocycles. The topological polar surface area (TPSA) is 136 Å². The molecule has 1 amide bonds. The SMILES string of the molecule is Cl.N[C@@H](CS(=O)(=O)Cc1ccccc1)C(=O)N[C@@H](CCc1ccccc1)C(O)c1nc2ccccc2o1. The summed E-state index contributed by atoms with van der Waals surface area (Å²) in [5, 5.41) is 13.8. The molecule has 0 spiro atoms. The summed E-state index contributed by atoms with van der Waals surface area (Å²) in [6.45, 7) is 0. The molecule has 0 aliphatic rings. The summed E-state index contributed by atoms with van der Waals surface area (Å²) in [6, 6.07) is 23.4. The van der Waals surface area contributed by atoms with Crippen molar-refractivity contribution in [2.24, 2.45) is 5.73 Å². The third kappa shape index (κ3) is 7.87. The molecule has 3 atom stereocenters. The van der Waals surface area contributed by atoms with Crippen molar-refractivity contribution >= 4 is 39.3 Å². The highest BCUT2D eigenvalue weighted by Gasteiger charge is 2.30. The van der Waals surface area contributed by atoms with Gasteiger partial charge in [-0.25, -0.2) is 13.4 Å². The second-order valence-corrected chi connectivity index (χ2v) is 10.9. The number of hydrogen-bond donors (Lipinski definition) is 3. The van der Waals surface area contributed by atoms with Crippen LogP contribution in [0.15, 0.2) is 89.3 Å². The molecule has 0 aliphatic heterocycles. The molecule has 3 aromatic carbocycles. The fourth-order valence-corrected chi connectivity index (χ4v) is 5.51. The lowest BCUT2D eigenvalue weighted by Crippen LogP contribution is -2.50. The van der Waals surface area contributed by atoms with Crippen molar-refractivity contribution in [3.63, 3.8) is 0 Å². The first-order valence-corrected chi connectivity index (χ1v) is 13.5. The van der Waals surface area contributed by atoms with E-state index in [0.29, 0.717) is 29.5 Å². The van der Waals surface area contributed by atoms with Crippen LogP contribution >= 0.6 is 12.4 Å². The molecule has 1 unspecified atom stereocenters. The van der Waals surface area contributed by atoms with Crippen LogP contribution in [0.5, 0.6) is 0 Å². The predicted molar refractivity (Wildman–Crippen MR) is 145 cm³/mol. The standard InChI is InChI=1S/C27H29N3O5S.ClH/c28-21(18-36(33,34)17-20-11-5-2-6-12-20)26(32)29-23(16-15-19-9-3-1-4-10-19)25(31)27-30-22-13-7-8-14-24(22)35-27;/h1-14,21,23,25,31H,15-18,28H2,(H,29,32);1H/t21-,23-,25?;/m0./s1. The van der Waals surface area contributed by atoms with E-state index in [-0.39, 0.29) is 24.1 Å². The molecule has 4 rings (SSSR count). The van der Waals surface area contributed by atoms with Gasteiger partial charge in [-0.15, -0.1) is 12.4 Å². The maximum atomic E-state index is 12.9. The van der Waals surface area contributed by atoms with Crippen LogP contribution in [-0.2, 0) is 26.8 Å². The van der Waals surface area contributed by atoms with Crippen LogP contribution in [-0.4, -0.2) is 42.3 Å². The molecule has 0 radical (unpaired) electrons. The number of amides is 1. The number of nitrogens with zero attached hydrogens (tertiary/aromatic N) is 1. The smallest absolute Gasteiger partial charge is 0.238 e. The number of oxazole rings is 1. The van der Waals surface area contributed by atoms with Crippen molar-refractivity contribution in [2.45, 2.75) is 36.8 Å². The lowest BCUT2D eigenvalue weighted by Gasteiger charge is -2.24. The lowest BCUT2D eigenvalue weighted by molar-refractivity contribution is -0.123. The van der Waals surface area contributed by atoms with Crippen molar-refractivity contribution < 1.29 is 22.7 Å².